The molecular formula is C13H16N2O. The maximum atomic E-state index is 5.78. The molecule has 0 radical (unpaired) electrons. The topological polar surface area (TPSA) is 26.2 Å². The fourth-order valence-electron chi connectivity index (χ4n) is 2.03. The first-order valence-electron chi connectivity index (χ1n) is 5.71. The van der Waals surface area contributed by atoms with E-state index in [4.69, 9.17) is 4.74 Å². The Balaban J connectivity index is 1.76. The van der Waals surface area contributed by atoms with Crippen molar-refractivity contribution in [2.24, 2.45) is 13.0 Å². The highest BCUT2D eigenvalue weighted by atomic mass is 16.5. The van der Waals surface area contributed by atoms with Gasteiger partial charge in [-0.05, 0) is 24.3 Å². The molecule has 3 heteroatoms. The summed E-state index contributed by atoms with van der Waals surface area (Å²) >= 11 is 0. The third-order valence-electron chi connectivity index (χ3n) is 3.21. The van der Waals surface area contributed by atoms with E-state index in [9.17, 15) is 0 Å². The predicted molar refractivity (Wildman–Crippen MR) is 64.8 cm³/mol. The van der Waals surface area contributed by atoms with Gasteiger partial charge in [0.1, 0.15) is 5.75 Å². The van der Waals surface area contributed by atoms with E-state index in [2.05, 4.69) is 47.4 Å². The van der Waals surface area contributed by atoms with Crippen molar-refractivity contribution in [3.63, 3.8) is 0 Å². The molecule has 0 saturated carbocycles. The van der Waals surface area contributed by atoms with E-state index in [0.29, 0.717) is 5.92 Å². The average molecular weight is 216 g/mol. The Labute approximate surface area is 95.0 Å². The number of fused-ring (bicyclic) bond motifs is 1. The lowest BCUT2D eigenvalue weighted by atomic mass is 10.1. The summed E-state index contributed by atoms with van der Waals surface area (Å²) in [6.07, 6.45) is 2.07. The highest BCUT2D eigenvalue weighted by Crippen LogP contribution is 2.21. The third-order valence-corrected chi connectivity index (χ3v) is 3.21. The molecule has 0 spiro atoms. The first-order chi connectivity index (χ1) is 7.83. The first kappa shape index (κ1) is 9.73. The lowest BCUT2D eigenvalue weighted by Crippen LogP contribution is -2.45. The molecular weight excluding hydrogens is 200 g/mol. The Hall–Kier alpha value is -1.48. The number of rotatable bonds is 3. The van der Waals surface area contributed by atoms with Crippen molar-refractivity contribution in [2.45, 2.75) is 0 Å². The summed E-state index contributed by atoms with van der Waals surface area (Å²) in [5, 5.41) is 4.49. The summed E-state index contributed by atoms with van der Waals surface area (Å²) in [5.41, 5.74) is 1.25. The van der Waals surface area contributed by atoms with Crippen LogP contribution >= 0.6 is 0 Å². The van der Waals surface area contributed by atoms with Gasteiger partial charge in [0.05, 0.1) is 6.61 Å². The number of hydrogen-bond acceptors (Lipinski definition) is 2. The van der Waals surface area contributed by atoms with Crippen LogP contribution in [-0.2, 0) is 7.05 Å². The van der Waals surface area contributed by atoms with E-state index in [1.54, 1.807) is 0 Å². The van der Waals surface area contributed by atoms with Gasteiger partial charge in [0.2, 0.25) is 0 Å². The van der Waals surface area contributed by atoms with E-state index in [0.717, 1.165) is 25.4 Å². The smallest absolute Gasteiger partial charge is 0.120 e. The van der Waals surface area contributed by atoms with Crippen molar-refractivity contribution in [3.05, 3.63) is 30.5 Å². The number of benzene rings is 1. The van der Waals surface area contributed by atoms with E-state index in [-0.39, 0.29) is 0 Å². The lowest BCUT2D eigenvalue weighted by Gasteiger charge is -2.26. The Morgan fingerprint density at radius 1 is 1.38 bits per heavy atom. The molecule has 1 aliphatic heterocycles. The van der Waals surface area contributed by atoms with Gasteiger partial charge in [-0.25, -0.2) is 0 Å². The minimum atomic E-state index is 0.687. The zero-order chi connectivity index (χ0) is 11.0. The Kier molecular flexibility index (Phi) is 2.33. The second-order valence-electron chi connectivity index (χ2n) is 4.48. The van der Waals surface area contributed by atoms with Gasteiger partial charge in [-0.3, -0.25) is 0 Å². The fraction of sp³-hybridized carbons (Fsp3) is 0.385. The van der Waals surface area contributed by atoms with E-state index in [1.807, 2.05) is 0 Å². The fourth-order valence-corrected chi connectivity index (χ4v) is 2.03. The minimum absolute atomic E-state index is 0.687. The molecule has 1 fully saturated rings. The molecule has 0 atom stereocenters. The van der Waals surface area contributed by atoms with Crippen molar-refractivity contribution in [1.82, 2.24) is 9.88 Å². The maximum absolute atomic E-state index is 5.78. The van der Waals surface area contributed by atoms with E-state index in [1.165, 1.54) is 10.9 Å². The highest BCUT2D eigenvalue weighted by molar-refractivity contribution is 5.81. The summed E-state index contributed by atoms with van der Waals surface area (Å²) in [4.78, 5) is 0. The Morgan fingerprint density at radius 2 is 2.25 bits per heavy atom. The standard InChI is InChI=1S/C13H16N2O/c1-15-5-4-11-6-12(2-3-13(11)15)16-9-10-7-14-8-10/h2-6,10,14H,7-9H2,1H3. The molecule has 16 heavy (non-hydrogen) atoms. The summed E-state index contributed by atoms with van der Waals surface area (Å²) in [6, 6.07) is 8.40. The van der Waals surface area contributed by atoms with Gasteiger partial charge in [0.25, 0.3) is 0 Å². The zero-order valence-electron chi connectivity index (χ0n) is 9.44. The van der Waals surface area contributed by atoms with Gasteiger partial charge in [0.15, 0.2) is 0 Å². The van der Waals surface area contributed by atoms with Crippen LogP contribution in [0.3, 0.4) is 0 Å². The monoisotopic (exact) mass is 216 g/mol. The van der Waals surface area contributed by atoms with Crippen molar-refractivity contribution >= 4 is 10.9 Å². The summed E-state index contributed by atoms with van der Waals surface area (Å²) in [6.45, 7) is 3.01. The minimum Gasteiger partial charge on any atom is -0.493 e. The number of nitrogens with zero attached hydrogens (tertiary/aromatic N) is 1. The first-order valence-corrected chi connectivity index (χ1v) is 5.71. The van der Waals surface area contributed by atoms with Crippen LogP contribution < -0.4 is 10.1 Å². The molecule has 1 N–H and O–H groups in total. The van der Waals surface area contributed by atoms with Crippen LogP contribution in [-0.4, -0.2) is 24.3 Å². The molecule has 0 aliphatic carbocycles. The van der Waals surface area contributed by atoms with Crippen molar-refractivity contribution in [2.75, 3.05) is 19.7 Å². The zero-order valence-corrected chi connectivity index (χ0v) is 9.44. The maximum Gasteiger partial charge on any atom is 0.120 e. The number of aromatic nitrogens is 1. The number of hydrogen-bond donors (Lipinski definition) is 1. The van der Waals surface area contributed by atoms with Gasteiger partial charge in [-0.2, -0.15) is 0 Å². The third kappa shape index (κ3) is 1.67. The summed E-state index contributed by atoms with van der Waals surface area (Å²) < 4.78 is 7.90. The second kappa shape index (κ2) is 3.83. The number of nitrogens with one attached hydrogen (secondary N) is 1. The van der Waals surface area contributed by atoms with Crippen LogP contribution in [0.5, 0.6) is 5.75 Å². The molecule has 3 nitrogen and oxygen atoms in total. The molecule has 1 saturated heterocycles. The van der Waals surface area contributed by atoms with E-state index >= 15 is 0 Å². The molecule has 2 heterocycles. The van der Waals surface area contributed by atoms with Crippen LogP contribution in [0, 0.1) is 5.92 Å². The predicted octanol–water partition coefficient (Wildman–Crippen LogP) is 1.78. The molecule has 2 aromatic rings. The number of ether oxygens (including phenoxy) is 1. The van der Waals surface area contributed by atoms with Gasteiger partial charge in [-0.1, -0.05) is 0 Å². The highest BCUT2D eigenvalue weighted by Gasteiger charge is 2.17. The summed E-state index contributed by atoms with van der Waals surface area (Å²) in [5.74, 6) is 1.66. The van der Waals surface area contributed by atoms with Gasteiger partial charge in [-0.15, -0.1) is 0 Å². The van der Waals surface area contributed by atoms with Crippen molar-refractivity contribution in [1.29, 1.82) is 0 Å². The van der Waals surface area contributed by atoms with Crippen LogP contribution in [0.15, 0.2) is 30.5 Å². The van der Waals surface area contributed by atoms with Crippen LogP contribution in [0.4, 0.5) is 0 Å². The molecule has 84 valence electrons. The van der Waals surface area contributed by atoms with Gasteiger partial charge in [0, 0.05) is 43.2 Å². The normalized spacial score (nSPS) is 16.3. The van der Waals surface area contributed by atoms with Crippen LogP contribution in [0.2, 0.25) is 0 Å². The molecule has 1 aromatic heterocycles. The quantitative estimate of drug-likeness (QED) is 0.846. The average Bonchev–Trinajstić information content (AvgIpc) is 2.58. The second-order valence-corrected chi connectivity index (χ2v) is 4.48. The Morgan fingerprint density at radius 3 is 3.00 bits per heavy atom. The molecule has 0 unspecified atom stereocenters. The van der Waals surface area contributed by atoms with Crippen molar-refractivity contribution < 1.29 is 4.74 Å². The number of aryl methyl sites for hydroxylation is 1. The molecule has 0 amide bonds. The van der Waals surface area contributed by atoms with Gasteiger partial charge >= 0.3 is 0 Å². The molecule has 1 aliphatic rings. The lowest BCUT2D eigenvalue weighted by molar-refractivity contribution is 0.199. The largest absolute Gasteiger partial charge is 0.493 e. The van der Waals surface area contributed by atoms with Gasteiger partial charge < -0.3 is 14.6 Å². The summed E-state index contributed by atoms with van der Waals surface area (Å²) in [7, 11) is 2.06. The SMILES string of the molecule is Cn1ccc2cc(OCC3CNC3)ccc21. The molecule has 0 bridgehead atoms. The molecule has 3 rings (SSSR count). The van der Waals surface area contributed by atoms with E-state index < -0.39 is 0 Å². The molecule has 1 aromatic carbocycles. The Bertz CT molecular complexity index is 500. The van der Waals surface area contributed by atoms with Crippen LogP contribution in [0.1, 0.15) is 0 Å². The van der Waals surface area contributed by atoms with Crippen molar-refractivity contribution in [3.8, 4) is 5.75 Å². The van der Waals surface area contributed by atoms with Crippen LogP contribution in [0.25, 0.3) is 10.9 Å².